The first-order valence-corrected chi connectivity index (χ1v) is 6.71. The number of hydrogen-bond donors (Lipinski definition) is 0. The third-order valence-electron chi connectivity index (χ3n) is 2.39. The zero-order valence-corrected chi connectivity index (χ0v) is 11.6. The summed E-state index contributed by atoms with van der Waals surface area (Å²) in [4.78, 5) is 9.02. The van der Waals surface area contributed by atoms with E-state index in [0.717, 1.165) is 15.5 Å². The molecule has 1 aromatic heterocycles. The lowest BCUT2D eigenvalue weighted by atomic mass is 10.1. The molecule has 0 aliphatic rings. The molecule has 0 unspecified atom stereocenters. The first kappa shape index (κ1) is 13.3. The molecule has 0 bridgehead atoms. The maximum absolute atomic E-state index is 13.1. The van der Waals surface area contributed by atoms with Crippen LogP contribution in [-0.4, -0.2) is 9.97 Å². The molecule has 0 amide bonds. The molecular weight excluding hydrogens is 271 g/mol. The molecule has 5 heteroatoms. The van der Waals surface area contributed by atoms with Gasteiger partial charge in [-0.25, -0.2) is 14.4 Å². The Labute approximate surface area is 115 Å². The van der Waals surface area contributed by atoms with Gasteiger partial charge in [0.05, 0.1) is 0 Å². The van der Waals surface area contributed by atoms with Gasteiger partial charge in [-0.05, 0) is 24.1 Å². The number of rotatable bonds is 3. The predicted molar refractivity (Wildman–Crippen MR) is 71.7 cm³/mol. The van der Waals surface area contributed by atoms with E-state index in [4.69, 9.17) is 11.6 Å². The zero-order valence-electron chi connectivity index (χ0n) is 10.0. The van der Waals surface area contributed by atoms with Crippen LogP contribution in [0, 0.1) is 5.82 Å². The Morgan fingerprint density at radius 1 is 1.28 bits per heavy atom. The van der Waals surface area contributed by atoms with Crippen LogP contribution in [0.1, 0.15) is 25.3 Å². The number of halogens is 2. The molecule has 0 saturated heterocycles. The number of aromatic nitrogens is 2. The molecule has 1 heterocycles. The van der Waals surface area contributed by atoms with Gasteiger partial charge in [-0.2, -0.15) is 0 Å². The second kappa shape index (κ2) is 5.67. The summed E-state index contributed by atoms with van der Waals surface area (Å²) < 4.78 is 13.1. The molecule has 2 nitrogen and oxygen atoms in total. The highest BCUT2D eigenvalue weighted by atomic mass is 35.5. The fourth-order valence-corrected chi connectivity index (χ4v) is 3.06. The van der Waals surface area contributed by atoms with Crippen LogP contribution in [0.2, 0.25) is 5.15 Å². The van der Waals surface area contributed by atoms with Gasteiger partial charge in [0.2, 0.25) is 0 Å². The van der Waals surface area contributed by atoms with Gasteiger partial charge < -0.3 is 0 Å². The highest BCUT2D eigenvalue weighted by Crippen LogP contribution is 2.35. The Kier molecular flexibility index (Phi) is 4.19. The smallest absolute Gasteiger partial charge is 0.137 e. The van der Waals surface area contributed by atoms with E-state index in [1.807, 2.05) is 19.9 Å². The lowest BCUT2D eigenvalue weighted by Gasteiger charge is -2.12. The SMILES string of the molecule is CC(C)c1c(Cl)ncnc1Sc1cccc(F)c1. The highest BCUT2D eigenvalue weighted by molar-refractivity contribution is 7.99. The molecule has 0 atom stereocenters. The zero-order chi connectivity index (χ0) is 13.1. The summed E-state index contributed by atoms with van der Waals surface area (Å²) >= 11 is 7.48. The van der Waals surface area contributed by atoms with Crippen molar-refractivity contribution in [1.29, 1.82) is 0 Å². The van der Waals surface area contributed by atoms with Crippen LogP contribution in [-0.2, 0) is 0 Å². The quantitative estimate of drug-likeness (QED) is 0.773. The summed E-state index contributed by atoms with van der Waals surface area (Å²) in [7, 11) is 0. The fraction of sp³-hybridized carbons (Fsp3) is 0.231. The van der Waals surface area contributed by atoms with Crippen molar-refractivity contribution < 1.29 is 4.39 Å². The third kappa shape index (κ3) is 3.00. The standard InChI is InChI=1S/C13H12ClFN2S/c1-8(2)11-12(14)16-7-17-13(11)18-10-5-3-4-9(15)6-10/h3-8H,1-2H3. The molecule has 0 saturated carbocycles. The summed E-state index contributed by atoms with van der Waals surface area (Å²) in [5.41, 5.74) is 0.897. The van der Waals surface area contributed by atoms with Crippen LogP contribution in [0.5, 0.6) is 0 Å². The second-order valence-corrected chi connectivity index (χ2v) is 5.52. The molecule has 0 spiro atoms. The normalized spacial score (nSPS) is 10.9. The van der Waals surface area contributed by atoms with Gasteiger partial charge >= 0.3 is 0 Å². The number of hydrogen-bond acceptors (Lipinski definition) is 3. The minimum absolute atomic E-state index is 0.217. The van der Waals surface area contributed by atoms with E-state index in [-0.39, 0.29) is 11.7 Å². The van der Waals surface area contributed by atoms with Crippen molar-refractivity contribution in [3.63, 3.8) is 0 Å². The van der Waals surface area contributed by atoms with Gasteiger partial charge in [-0.15, -0.1) is 0 Å². The Hall–Kier alpha value is -1.13. The van der Waals surface area contributed by atoms with Crippen molar-refractivity contribution >= 4 is 23.4 Å². The fourth-order valence-electron chi connectivity index (χ4n) is 1.57. The minimum atomic E-state index is -0.258. The molecule has 18 heavy (non-hydrogen) atoms. The lowest BCUT2D eigenvalue weighted by molar-refractivity contribution is 0.624. The summed E-state index contributed by atoms with van der Waals surface area (Å²) in [6.45, 7) is 4.06. The van der Waals surface area contributed by atoms with E-state index in [9.17, 15) is 4.39 Å². The first-order chi connectivity index (χ1) is 8.58. The summed E-state index contributed by atoms with van der Waals surface area (Å²) in [6, 6.07) is 6.41. The maximum atomic E-state index is 13.1. The Balaban J connectivity index is 2.37. The van der Waals surface area contributed by atoms with Crippen molar-refractivity contribution in [2.45, 2.75) is 29.7 Å². The van der Waals surface area contributed by atoms with Gasteiger partial charge in [0.1, 0.15) is 22.3 Å². The maximum Gasteiger partial charge on any atom is 0.137 e. The molecule has 0 radical (unpaired) electrons. The molecule has 0 N–H and O–H groups in total. The molecule has 94 valence electrons. The van der Waals surface area contributed by atoms with Crippen LogP contribution in [0.25, 0.3) is 0 Å². The average Bonchev–Trinajstić information content (AvgIpc) is 2.28. The topological polar surface area (TPSA) is 25.8 Å². The molecule has 1 aromatic carbocycles. The Morgan fingerprint density at radius 2 is 2.06 bits per heavy atom. The molecule has 2 rings (SSSR count). The van der Waals surface area contributed by atoms with Crippen molar-refractivity contribution in [3.8, 4) is 0 Å². The largest absolute Gasteiger partial charge is 0.229 e. The highest BCUT2D eigenvalue weighted by Gasteiger charge is 2.14. The van der Waals surface area contributed by atoms with Gasteiger partial charge in [0.25, 0.3) is 0 Å². The molecule has 2 aromatic rings. The molecule has 0 aliphatic carbocycles. The minimum Gasteiger partial charge on any atom is -0.229 e. The summed E-state index contributed by atoms with van der Waals surface area (Å²) in [5.74, 6) is -0.0407. The van der Waals surface area contributed by atoms with Crippen LogP contribution >= 0.6 is 23.4 Å². The molecule has 0 aliphatic heterocycles. The average molecular weight is 283 g/mol. The summed E-state index contributed by atoms with van der Waals surface area (Å²) in [6.07, 6.45) is 1.43. The third-order valence-corrected chi connectivity index (χ3v) is 3.70. The first-order valence-electron chi connectivity index (χ1n) is 5.51. The van der Waals surface area contributed by atoms with Crippen LogP contribution in [0.4, 0.5) is 4.39 Å². The van der Waals surface area contributed by atoms with Gasteiger partial charge in [0, 0.05) is 10.5 Å². The van der Waals surface area contributed by atoms with Gasteiger partial charge in [-0.3, -0.25) is 0 Å². The Bertz CT molecular complexity index is 560. The van der Waals surface area contributed by atoms with E-state index >= 15 is 0 Å². The van der Waals surface area contributed by atoms with Crippen LogP contribution in [0.3, 0.4) is 0 Å². The van der Waals surface area contributed by atoms with E-state index < -0.39 is 0 Å². The lowest BCUT2D eigenvalue weighted by Crippen LogP contribution is -1.97. The van der Waals surface area contributed by atoms with Crippen LogP contribution in [0.15, 0.2) is 40.5 Å². The predicted octanol–water partition coefficient (Wildman–Crippen LogP) is 4.54. The second-order valence-electron chi connectivity index (χ2n) is 4.10. The summed E-state index contributed by atoms with van der Waals surface area (Å²) in [5, 5.41) is 1.23. The van der Waals surface area contributed by atoms with E-state index in [2.05, 4.69) is 9.97 Å². The van der Waals surface area contributed by atoms with E-state index in [0.29, 0.717) is 5.15 Å². The van der Waals surface area contributed by atoms with Gasteiger partial charge in [0.15, 0.2) is 0 Å². The van der Waals surface area contributed by atoms with Crippen molar-refractivity contribution in [1.82, 2.24) is 9.97 Å². The van der Waals surface area contributed by atoms with Crippen LogP contribution < -0.4 is 0 Å². The monoisotopic (exact) mass is 282 g/mol. The van der Waals surface area contributed by atoms with Gasteiger partial charge in [-0.1, -0.05) is 43.3 Å². The molecular formula is C13H12ClFN2S. The van der Waals surface area contributed by atoms with Crippen molar-refractivity contribution in [2.24, 2.45) is 0 Å². The van der Waals surface area contributed by atoms with E-state index in [1.54, 1.807) is 6.07 Å². The number of benzene rings is 1. The van der Waals surface area contributed by atoms with Crippen molar-refractivity contribution in [2.75, 3.05) is 0 Å². The Morgan fingerprint density at radius 3 is 2.72 bits per heavy atom. The number of nitrogens with zero attached hydrogens (tertiary/aromatic N) is 2. The van der Waals surface area contributed by atoms with Crippen molar-refractivity contribution in [3.05, 3.63) is 47.1 Å². The van der Waals surface area contributed by atoms with E-state index in [1.165, 1.54) is 30.2 Å². The molecule has 0 fully saturated rings.